The number of nitro benzene ring substituents is 1. The van der Waals surface area contributed by atoms with Crippen LogP contribution in [0.5, 0.6) is 0 Å². The fourth-order valence-corrected chi connectivity index (χ4v) is 1.25. The molecular weight excluding hydrogens is 299 g/mol. The van der Waals surface area contributed by atoms with Crippen molar-refractivity contribution in [1.82, 2.24) is 0 Å². The third-order valence-corrected chi connectivity index (χ3v) is 2.71. The standard InChI is InChI=1S/C6H2ClFINO2/c7-3-1-4(8)6(10(11)12)2-5(3)9/h1-2H. The first-order valence-electron chi connectivity index (χ1n) is 2.81. The Bertz CT molecular complexity index is 345. The van der Waals surface area contributed by atoms with E-state index in [9.17, 15) is 14.5 Å². The lowest BCUT2D eigenvalue weighted by atomic mass is 10.3. The van der Waals surface area contributed by atoms with E-state index in [0.29, 0.717) is 3.57 Å². The predicted molar refractivity (Wildman–Crippen MR) is 50.8 cm³/mol. The van der Waals surface area contributed by atoms with Crippen LogP contribution >= 0.6 is 34.2 Å². The van der Waals surface area contributed by atoms with Gasteiger partial charge in [-0.05, 0) is 22.6 Å². The molecule has 1 rings (SSSR count). The summed E-state index contributed by atoms with van der Waals surface area (Å²) in [6.07, 6.45) is 0. The number of hydrogen-bond donors (Lipinski definition) is 0. The maximum absolute atomic E-state index is 12.8. The number of halogens is 3. The van der Waals surface area contributed by atoms with Gasteiger partial charge in [0.15, 0.2) is 0 Å². The van der Waals surface area contributed by atoms with Crippen molar-refractivity contribution >= 4 is 39.9 Å². The van der Waals surface area contributed by atoms with Gasteiger partial charge in [0.1, 0.15) is 0 Å². The zero-order chi connectivity index (χ0) is 9.30. The normalized spacial score (nSPS) is 9.92. The molecule has 0 aliphatic heterocycles. The molecule has 0 saturated carbocycles. The maximum atomic E-state index is 12.8. The molecule has 0 unspecified atom stereocenters. The molecule has 0 amide bonds. The molecule has 6 heteroatoms. The molecule has 0 spiro atoms. The van der Waals surface area contributed by atoms with Gasteiger partial charge in [0.25, 0.3) is 0 Å². The van der Waals surface area contributed by atoms with Gasteiger partial charge in [0, 0.05) is 15.7 Å². The van der Waals surface area contributed by atoms with Crippen LogP contribution in [0.4, 0.5) is 10.1 Å². The third-order valence-electron chi connectivity index (χ3n) is 1.19. The molecule has 0 aliphatic carbocycles. The molecule has 0 atom stereocenters. The molecule has 3 nitrogen and oxygen atoms in total. The summed E-state index contributed by atoms with van der Waals surface area (Å²) < 4.78 is 13.2. The molecule has 0 aromatic heterocycles. The lowest BCUT2D eigenvalue weighted by Gasteiger charge is -1.96. The van der Waals surface area contributed by atoms with Crippen molar-refractivity contribution < 1.29 is 9.31 Å². The average molecular weight is 301 g/mol. The van der Waals surface area contributed by atoms with Gasteiger partial charge < -0.3 is 0 Å². The Balaban J connectivity index is 3.33. The second-order valence-electron chi connectivity index (χ2n) is 1.97. The van der Waals surface area contributed by atoms with Gasteiger partial charge in [0.2, 0.25) is 5.82 Å². The maximum Gasteiger partial charge on any atom is 0.305 e. The Morgan fingerprint density at radius 2 is 2.17 bits per heavy atom. The minimum atomic E-state index is -0.912. The van der Waals surface area contributed by atoms with Crippen LogP contribution in [-0.2, 0) is 0 Å². The SMILES string of the molecule is O=[N+]([O-])c1cc(I)c(Cl)cc1F. The van der Waals surface area contributed by atoms with E-state index in [2.05, 4.69) is 0 Å². The van der Waals surface area contributed by atoms with Crippen LogP contribution < -0.4 is 0 Å². The van der Waals surface area contributed by atoms with Crippen molar-refractivity contribution in [2.24, 2.45) is 0 Å². The van der Waals surface area contributed by atoms with Crippen LogP contribution in [0, 0.1) is 19.5 Å². The zero-order valence-corrected chi connectivity index (χ0v) is 8.47. The van der Waals surface area contributed by atoms with Crippen LogP contribution in [0.25, 0.3) is 0 Å². The minimum Gasteiger partial charge on any atom is -0.258 e. The number of nitro groups is 1. The number of hydrogen-bond acceptors (Lipinski definition) is 2. The lowest BCUT2D eigenvalue weighted by Crippen LogP contribution is -1.93. The first-order valence-corrected chi connectivity index (χ1v) is 4.27. The fourth-order valence-electron chi connectivity index (χ4n) is 0.652. The first-order chi connectivity index (χ1) is 5.52. The third kappa shape index (κ3) is 1.84. The van der Waals surface area contributed by atoms with E-state index in [1.807, 2.05) is 0 Å². The largest absolute Gasteiger partial charge is 0.305 e. The van der Waals surface area contributed by atoms with Crippen molar-refractivity contribution in [3.63, 3.8) is 0 Å². The number of nitrogens with zero attached hydrogens (tertiary/aromatic N) is 1. The van der Waals surface area contributed by atoms with Crippen molar-refractivity contribution in [2.75, 3.05) is 0 Å². The average Bonchev–Trinajstić information content (AvgIpc) is 1.96. The highest BCUT2D eigenvalue weighted by Gasteiger charge is 2.15. The Morgan fingerprint density at radius 1 is 1.58 bits per heavy atom. The van der Waals surface area contributed by atoms with Crippen LogP contribution in [0.2, 0.25) is 5.02 Å². The lowest BCUT2D eigenvalue weighted by molar-refractivity contribution is -0.387. The van der Waals surface area contributed by atoms with E-state index in [-0.39, 0.29) is 5.02 Å². The van der Waals surface area contributed by atoms with Crippen molar-refractivity contribution in [2.45, 2.75) is 0 Å². The molecule has 0 heterocycles. The summed E-state index contributed by atoms with van der Waals surface area (Å²) in [4.78, 5) is 9.42. The van der Waals surface area contributed by atoms with E-state index in [1.165, 1.54) is 0 Å². The Labute approximate surface area is 85.8 Å². The highest BCUT2D eigenvalue weighted by atomic mass is 127. The highest BCUT2D eigenvalue weighted by Crippen LogP contribution is 2.26. The van der Waals surface area contributed by atoms with Gasteiger partial charge in [-0.15, -0.1) is 0 Å². The van der Waals surface area contributed by atoms with E-state index in [4.69, 9.17) is 11.6 Å². The molecule has 0 saturated heterocycles. The first kappa shape index (κ1) is 9.66. The zero-order valence-electron chi connectivity index (χ0n) is 5.55. The van der Waals surface area contributed by atoms with Crippen molar-refractivity contribution in [3.05, 3.63) is 36.7 Å². The van der Waals surface area contributed by atoms with E-state index in [0.717, 1.165) is 12.1 Å². The molecule has 12 heavy (non-hydrogen) atoms. The fraction of sp³-hybridized carbons (Fsp3) is 0. The van der Waals surface area contributed by atoms with E-state index in [1.54, 1.807) is 22.6 Å². The Hall–Kier alpha value is -0.430. The molecule has 0 aliphatic rings. The molecule has 0 fully saturated rings. The molecule has 0 radical (unpaired) electrons. The van der Waals surface area contributed by atoms with Gasteiger partial charge in [-0.1, -0.05) is 11.6 Å². The minimum absolute atomic E-state index is 0.179. The summed E-state index contributed by atoms with van der Waals surface area (Å²) in [7, 11) is 0. The van der Waals surface area contributed by atoms with Crippen molar-refractivity contribution in [1.29, 1.82) is 0 Å². The molecule has 1 aromatic carbocycles. The Morgan fingerprint density at radius 3 is 2.67 bits per heavy atom. The van der Waals surface area contributed by atoms with Gasteiger partial charge >= 0.3 is 5.69 Å². The number of rotatable bonds is 1. The van der Waals surface area contributed by atoms with E-state index < -0.39 is 16.4 Å². The van der Waals surface area contributed by atoms with Crippen molar-refractivity contribution in [3.8, 4) is 0 Å². The second kappa shape index (κ2) is 3.53. The summed E-state index contributed by atoms with van der Waals surface area (Å²) in [5.41, 5.74) is -0.552. The summed E-state index contributed by atoms with van der Waals surface area (Å²) in [6, 6.07) is 2.03. The molecular formula is C6H2ClFINO2. The van der Waals surface area contributed by atoms with Crippen LogP contribution in [0.15, 0.2) is 12.1 Å². The molecule has 1 aromatic rings. The summed E-state index contributed by atoms with van der Waals surface area (Å²) in [5, 5.41) is 10.4. The highest BCUT2D eigenvalue weighted by molar-refractivity contribution is 14.1. The van der Waals surface area contributed by atoms with Crippen LogP contribution in [0.3, 0.4) is 0 Å². The Kier molecular flexibility index (Phi) is 2.84. The van der Waals surface area contributed by atoms with Gasteiger partial charge in [0.05, 0.1) is 9.95 Å². The summed E-state index contributed by atoms with van der Waals surface area (Å²) >= 11 is 7.32. The molecule has 0 bridgehead atoms. The number of benzene rings is 1. The topological polar surface area (TPSA) is 43.1 Å². The summed E-state index contributed by atoms with van der Waals surface area (Å²) in [6.45, 7) is 0. The molecule has 64 valence electrons. The van der Waals surface area contributed by atoms with E-state index >= 15 is 0 Å². The van der Waals surface area contributed by atoms with Crippen LogP contribution in [-0.4, -0.2) is 4.92 Å². The van der Waals surface area contributed by atoms with Crippen LogP contribution in [0.1, 0.15) is 0 Å². The summed E-state index contributed by atoms with van der Waals surface area (Å²) in [5.74, 6) is -0.912. The molecule has 0 N–H and O–H groups in total. The second-order valence-corrected chi connectivity index (χ2v) is 3.54. The smallest absolute Gasteiger partial charge is 0.258 e. The van der Waals surface area contributed by atoms with Gasteiger partial charge in [-0.25, -0.2) is 0 Å². The quantitative estimate of drug-likeness (QED) is 0.346. The monoisotopic (exact) mass is 301 g/mol. The predicted octanol–water partition coefficient (Wildman–Crippen LogP) is 2.99. The van der Waals surface area contributed by atoms with Gasteiger partial charge in [-0.3, -0.25) is 10.1 Å². The van der Waals surface area contributed by atoms with Gasteiger partial charge in [-0.2, -0.15) is 4.39 Å².